The van der Waals surface area contributed by atoms with E-state index in [0.717, 1.165) is 5.69 Å². The van der Waals surface area contributed by atoms with E-state index in [1.165, 1.54) is 6.26 Å². The molecule has 0 aliphatic carbocycles. The van der Waals surface area contributed by atoms with Crippen LogP contribution in [0.1, 0.15) is 22.7 Å². The summed E-state index contributed by atoms with van der Waals surface area (Å²) in [5.74, 6) is -0.975. The van der Waals surface area contributed by atoms with Crippen molar-refractivity contribution in [1.82, 2.24) is 20.3 Å². The first-order chi connectivity index (χ1) is 13.2. The highest BCUT2D eigenvalue weighted by atomic mass is 35.5. The van der Waals surface area contributed by atoms with Crippen molar-refractivity contribution in [3.05, 3.63) is 64.5 Å². The summed E-state index contributed by atoms with van der Waals surface area (Å²) in [6.45, 7) is 3.46. The predicted molar refractivity (Wildman–Crippen MR) is 94.7 cm³/mol. The molecule has 0 atom stereocenters. The number of hydrogen-bond donors (Lipinski definition) is 0. The molecule has 0 spiro atoms. The van der Waals surface area contributed by atoms with Crippen LogP contribution in [0.5, 0.6) is 5.75 Å². The molecule has 0 fully saturated rings. The van der Waals surface area contributed by atoms with Gasteiger partial charge in [-0.25, -0.2) is 0 Å². The molecule has 2 aromatic heterocycles. The van der Waals surface area contributed by atoms with Crippen LogP contribution in [0.2, 0.25) is 5.15 Å². The Labute approximate surface area is 163 Å². The Morgan fingerprint density at radius 1 is 1.14 bits per heavy atom. The SMILES string of the molecule is Cc1cc(O/C=C/Cc2ccc(Cl)nn2)cc(C)c1-c1noc(C(F)(F)F)n1. The molecule has 1 aromatic carbocycles. The van der Waals surface area contributed by atoms with Crippen LogP contribution in [0.15, 0.2) is 41.1 Å². The predicted octanol–water partition coefficient (Wildman–Crippen LogP) is 4.95. The summed E-state index contributed by atoms with van der Waals surface area (Å²) in [7, 11) is 0. The molecular weight excluding hydrogens is 397 g/mol. The lowest BCUT2D eigenvalue weighted by atomic mass is 10.0. The van der Waals surface area contributed by atoms with Crippen LogP contribution in [0.4, 0.5) is 13.2 Å². The monoisotopic (exact) mass is 410 g/mol. The highest BCUT2D eigenvalue weighted by Crippen LogP contribution is 2.33. The van der Waals surface area contributed by atoms with Crippen molar-refractivity contribution < 1.29 is 22.4 Å². The van der Waals surface area contributed by atoms with Gasteiger partial charge >= 0.3 is 12.1 Å². The van der Waals surface area contributed by atoms with Crippen molar-refractivity contribution in [3.8, 4) is 17.1 Å². The van der Waals surface area contributed by atoms with E-state index in [1.54, 1.807) is 44.2 Å². The largest absolute Gasteiger partial charge is 0.471 e. The minimum Gasteiger partial charge on any atom is -0.465 e. The van der Waals surface area contributed by atoms with Crippen LogP contribution in [0, 0.1) is 13.8 Å². The Hall–Kier alpha value is -2.94. The summed E-state index contributed by atoms with van der Waals surface area (Å²) in [5.41, 5.74) is 2.50. The lowest BCUT2D eigenvalue weighted by Gasteiger charge is -2.09. The van der Waals surface area contributed by atoms with E-state index in [0.29, 0.717) is 34.0 Å². The van der Waals surface area contributed by atoms with Gasteiger partial charge in [0.1, 0.15) is 5.75 Å². The molecule has 6 nitrogen and oxygen atoms in total. The van der Waals surface area contributed by atoms with Crippen LogP contribution in [0.3, 0.4) is 0 Å². The molecule has 28 heavy (non-hydrogen) atoms. The van der Waals surface area contributed by atoms with Gasteiger partial charge in [-0.15, -0.1) is 5.10 Å². The molecule has 0 unspecified atom stereocenters. The number of halogens is 4. The molecule has 0 N–H and O–H groups in total. The number of rotatable bonds is 5. The molecular formula is C18H14ClF3N4O2. The van der Waals surface area contributed by atoms with E-state index >= 15 is 0 Å². The Bertz CT molecular complexity index is 978. The maximum atomic E-state index is 12.7. The molecule has 3 rings (SSSR count). The van der Waals surface area contributed by atoms with E-state index in [2.05, 4.69) is 24.9 Å². The molecule has 146 valence electrons. The van der Waals surface area contributed by atoms with Crippen LogP contribution in [-0.4, -0.2) is 20.3 Å². The van der Waals surface area contributed by atoms with Gasteiger partial charge in [0.15, 0.2) is 5.15 Å². The minimum absolute atomic E-state index is 0.120. The molecule has 0 aliphatic rings. The van der Waals surface area contributed by atoms with Crippen molar-refractivity contribution >= 4 is 11.6 Å². The number of ether oxygens (including phenoxy) is 1. The van der Waals surface area contributed by atoms with Crippen molar-refractivity contribution in [2.75, 3.05) is 0 Å². The first kappa shape index (κ1) is 19.8. The summed E-state index contributed by atoms with van der Waals surface area (Å²) >= 11 is 5.68. The fraction of sp³-hybridized carbons (Fsp3) is 0.222. The van der Waals surface area contributed by atoms with Crippen LogP contribution >= 0.6 is 11.6 Å². The fourth-order valence-electron chi connectivity index (χ4n) is 2.53. The average molecular weight is 411 g/mol. The zero-order valence-electron chi connectivity index (χ0n) is 14.8. The highest BCUT2D eigenvalue weighted by Gasteiger charge is 2.38. The van der Waals surface area contributed by atoms with Gasteiger partial charge in [0.2, 0.25) is 5.82 Å². The number of aryl methyl sites for hydroxylation is 2. The fourth-order valence-corrected chi connectivity index (χ4v) is 2.63. The molecule has 0 saturated heterocycles. The summed E-state index contributed by atoms with van der Waals surface area (Å²) in [4.78, 5) is 3.44. The van der Waals surface area contributed by atoms with Gasteiger partial charge in [-0.1, -0.05) is 16.8 Å². The normalized spacial score (nSPS) is 11.9. The number of alkyl halides is 3. The lowest BCUT2D eigenvalue weighted by molar-refractivity contribution is -0.159. The van der Waals surface area contributed by atoms with E-state index < -0.39 is 12.1 Å². The van der Waals surface area contributed by atoms with Crippen molar-refractivity contribution in [3.63, 3.8) is 0 Å². The zero-order chi connectivity index (χ0) is 20.3. The Morgan fingerprint density at radius 2 is 1.86 bits per heavy atom. The van der Waals surface area contributed by atoms with Crippen molar-refractivity contribution in [2.45, 2.75) is 26.4 Å². The van der Waals surface area contributed by atoms with Gasteiger partial charge in [0.25, 0.3) is 0 Å². The summed E-state index contributed by atoms with van der Waals surface area (Å²) < 4.78 is 47.8. The summed E-state index contributed by atoms with van der Waals surface area (Å²) in [6, 6.07) is 6.76. The standard InChI is InChI=1S/C18H14ClF3N4O2/c1-10-8-13(27-7-3-4-12-5-6-14(19)25-24-12)9-11(2)15(10)16-23-17(28-26-16)18(20,21)22/h3,5-9H,4H2,1-2H3/b7-3+. The van der Waals surface area contributed by atoms with Gasteiger partial charge in [0, 0.05) is 12.0 Å². The zero-order valence-corrected chi connectivity index (χ0v) is 15.5. The van der Waals surface area contributed by atoms with E-state index in [-0.39, 0.29) is 5.82 Å². The molecule has 0 amide bonds. The second-order valence-electron chi connectivity index (χ2n) is 5.89. The Kier molecular flexibility index (Phi) is 5.64. The van der Waals surface area contributed by atoms with Gasteiger partial charge in [0.05, 0.1) is 12.0 Å². The number of nitrogens with zero attached hydrogens (tertiary/aromatic N) is 4. The maximum absolute atomic E-state index is 12.7. The van der Waals surface area contributed by atoms with Gasteiger partial charge in [-0.3, -0.25) is 0 Å². The molecule has 10 heteroatoms. The molecule has 0 radical (unpaired) electrons. The number of hydrogen-bond acceptors (Lipinski definition) is 6. The minimum atomic E-state index is -4.69. The van der Waals surface area contributed by atoms with Gasteiger partial charge in [-0.05, 0) is 55.3 Å². The summed E-state index contributed by atoms with van der Waals surface area (Å²) in [5, 5.41) is 11.4. The first-order valence-corrected chi connectivity index (χ1v) is 8.44. The van der Waals surface area contributed by atoms with Crippen LogP contribution < -0.4 is 4.74 Å². The van der Waals surface area contributed by atoms with E-state index in [4.69, 9.17) is 16.3 Å². The van der Waals surface area contributed by atoms with Crippen molar-refractivity contribution in [2.24, 2.45) is 0 Å². The molecule has 3 aromatic rings. The topological polar surface area (TPSA) is 73.9 Å². The maximum Gasteiger partial charge on any atom is 0.471 e. The quantitative estimate of drug-likeness (QED) is 0.554. The van der Waals surface area contributed by atoms with Crippen LogP contribution in [-0.2, 0) is 12.6 Å². The number of benzene rings is 1. The number of aromatic nitrogens is 4. The summed E-state index contributed by atoms with van der Waals surface area (Å²) in [6.07, 6.45) is -0.926. The Morgan fingerprint density at radius 3 is 2.43 bits per heavy atom. The third-order valence-corrected chi connectivity index (χ3v) is 3.91. The second-order valence-corrected chi connectivity index (χ2v) is 6.28. The van der Waals surface area contributed by atoms with E-state index in [9.17, 15) is 13.2 Å². The third kappa shape index (κ3) is 4.66. The average Bonchev–Trinajstić information content (AvgIpc) is 3.10. The highest BCUT2D eigenvalue weighted by molar-refractivity contribution is 6.29. The first-order valence-electron chi connectivity index (χ1n) is 8.06. The third-order valence-electron chi connectivity index (χ3n) is 3.71. The van der Waals surface area contributed by atoms with Gasteiger partial charge in [-0.2, -0.15) is 23.3 Å². The van der Waals surface area contributed by atoms with E-state index in [1.807, 2.05) is 0 Å². The number of allylic oxidation sites excluding steroid dienone is 1. The Balaban J connectivity index is 1.72. The molecule has 0 bridgehead atoms. The second kappa shape index (κ2) is 7.97. The lowest BCUT2D eigenvalue weighted by Crippen LogP contribution is -2.05. The smallest absolute Gasteiger partial charge is 0.465 e. The molecule has 0 aliphatic heterocycles. The van der Waals surface area contributed by atoms with Gasteiger partial charge < -0.3 is 9.26 Å². The molecule has 2 heterocycles. The van der Waals surface area contributed by atoms with Crippen LogP contribution in [0.25, 0.3) is 11.4 Å². The van der Waals surface area contributed by atoms with Crippen molar-refractivity contribution in [1.29, 1.82) is 0 Å². The molecule has 0 saturated carbocycles.